The Morgan fingerprint density at radius 3 is 2.56 bits per heavy atom. The molecule has 1 fully saturated rings. The lowest BCUT2D eigenvalue weighted by molar-refractivity contribution is -0.121. The molecule has 0 aliphatic heterocycles. The highest BCUT2D eigenvalue weighted by molar-refractivity contribution is 5.78. The minimum atomic E-state index is 0.132. The summed E-state index contributed by atoms with van der Waals surface area (Å²) in [6.45, 7) is 6.86. The van der Waals surface area contributed by atoms with E-state index in [1.165, 1.54) is 19.3 Å². The van der Waals surface area contributed by atoms with E-state index in [2.05, 4.69) is 31.4 Å². The topological polar surface area (TPSA) is 41.1 Å². The van der Waals surface area contributed by atoms with Gasteiger partial charge in [0.1, 0.15) is 0 Å². The summed E-state index contributed by atoms with van der Waals surface area (Å²) in [4.78, 5) is 11.6. The highest BCUT2D eigenvalue weighted by Crippen LogP contribution is 2.29. The number of hydrogen-bond donors (Lipinski definition) is 2. The van der Waals surface area contributed by atoms with Crippen molar-refractivity contribution in [2.24, 2.45) is 5.92 Å². The molecule has 0 aromatic heterocycles. The summed E-state index contributed by atoms with van der Waals surface area (Å²) in [5, 5.41) is 6.33. The standard InChI is InChI=1S/C13H26N2O/c1-4-6-10(2)15-13(16)9-14-11(3)12-7-5-8-12/h10-12,14H,4-9H2,1-3H3,(H,15,16). The monoisotopic (exact) mass is 226 g/mol. The molecule has 16 heavy (non-hydrogen) atoms. The van der Waals surface area contributed by atoms with Crippen molar-refractivity contribution in [3.05, 3.63) is 0 Å². The second-order valence-corrected chi connectivity index (χ2v) is 5.12. The van der Waals surface area contributed by atoms with E-state index in [4.69, 9.17) is 0 Å². The second kappa shape index (κ2) is 6.89. The summed E-state index contributed by atoms with van der Waals surface area (Å²) < 4.78 is 0. The first-order valence-corrected chi connectivity index (χ1v) is 6.66. The van der Waals surface area contributed by atoms with Gasteiger partial charge in [0.25, 0.3) is 0 Å². The number of carbonyl (C=O) groups excluding carboxylic acids is 1. The van der Waals surface area contributed by atoms with Gasteiger partial charge in [-0.3, -0.25) is 4.79 Å². The van der Waals surface area contributed by atoms with Crippen molar-refractivity contribution in [3.8, 4) is 0 Å². The van der Waals surface area contributed by atoms with Gasteiger partial charge in [-0.05, 0) is 39.0 Å². The average Bonchev–Trinajstić information content (AvgIpc) is 2.12. The van der Waals surface area contributed by atoms with Crippen LogP contribution in [0.3, 0.4) is 0 Å². The van der Waals surface area contributed by atoms with Crippen molar-refractivity contribution < 1.29 is 4.79 Å². The first-order valence-electron chi connectivity index (χ1n) is 6.66. The molecule has 2 unspecified atom stereocenters. The molecule has 0 spiro atoms. The van der Waals surface area contributed by atoms with Crippen LogP contribution < -0.4 is 10.6 Å². The number of carbonyl (C=O) groups is 1. The molecule has 3 heteroatoms. The normalized spacial score (nSPS) is 19.9. The highest BCUT2D eigenvalue weighted by atomic mass is 16.1. The largest absolute Gasteiger partial charge is 0.353 e. The van der Waals surface area contributed by atoms with Gasteiger partial charge in [-0.1, -0.05) is 19.8 Å². The second-order valence-electron chi connectivity index (χ2n) is 5.12. The van der Waals surface area contributed by atoms with Crippen LogP contribution in [-0.2, 0) is 4.79 Å². The zero-order valence-electron chi connectivity index (χ0n) is 10.9. The van der Waals surface area contributed by atoms with Crippen LogP contribution in [-0.4, -0.2) is 24.5 Å². The Hall–Kier alpha value is -0.570. The highest BCUT2D eigenvalue weighted by Gasteiger charge is 2.23. The Balaban J connectivity index is 2.09. The minimum Gasteiger partial charge on any atom is -0.353 e. The molecule has 0 bridgehead atoms. The molecule has 0 radical (unpaired) electrons. The van der Waals surface area contributed by atoms with Gasteiger partial charge in [0.2, 0.25) is 5.91 Å². The first kappa shape index (κ1) is 13.5. The molecule has 1 rings (SSSR count). The van der Waals surface area contributed by atoms with E-state index < -0.39 is 0 Å². The van der Waals surface area contributed by atoms with Crippen LogP contribution >= 0.6 is 0 Å². The Morgan fingerprint density at radius 2 is 2.06 bits per heavy atom. The van der Waals surface area contributed by atoms with E-state index in [1.807, 2.05) is 0 Å². The summed E-state index contributed by atoms with van der Waals surface area (Å²) in [6.07, 6.45) is 6.18. The van der Waals surface area contributed by atoms with E-state index in [0.29, 0.717) is 18.6 Å². The lowest BCUT2D eigenvalue weighted by Gasteiger charge is -2.32. The van der Waals surface area contributed by atoms with Crippen LogP contribution in [0, 0.1) is 5.92 Å². The average molecular weight is 226 g/mol. The molecular formula is C13H26N2O. The molecule has 1 saturated carbocycles. The van der Waals surface area contributed by atoms with Gasteiger partial charge in [-0.25, -0.2) is 0 Å². The maximum absolute atomic E-state index is 11.6. The predicted octanol–water partition coefficient (Wildman–Crippen LogP) is 2.07. The molecule has 3 nitrogen and oxygen atoms in total. The lowest BCUT2D eigenvalue weighted by Crippen LogP contribution is -2.44. The fourth-order valence-corrected chi connectivity index (χ4v) is 2.19. The van der Waals surface area contributed by atoms with Gasteiger partial charge in [0.15, 0.2) is 0 Å². The number of nitrogens with one attached hydrogen (secondary N) is 2. The Bertz CT molecular complexity index is 214. The molecule has 0 aromatic rings. The van der Waals surface area contributed by atoms with Crippen molar-refractivity contribution in [1.29, 1.82) is 0 Å². The van der Waals surface area contributed by atoms with Crippen molar-refractivity contribution in [1.82, 2.24) is 10.6 Å². The summed E-state index contributed by atoms with van der Waals surface area (Å²) in [7, 11) is 0. The lowest BCUT2D eigenvalue weighted by atomic mass is 9.80. The van der Waals surface area contributed by atoms with Crippen molar-refractivity contribution >= 4 is 5.91 Å². The van der Waals surface area contributed by atoms with Gasteiger partial charge in [-0.15, -0.1) is 0 Å². The number of amides is 1. The fourth-order valence-electron chi connectivity index (χ4n) is 2.19. The summed E-state index contributed by atoms with van der Waals surface area (Å²) >= 11 is 0. The summed E-state index contributed by atoms with van der Waals surface area (Å²) in [5.41, 5.74) is 0. The Labute approximate surface area is 99.4 Å². The quantitative estimate of drug-likeness (QED) is 0.698. The third-order valence-electron chi connectivity index (χ3n) is 3.57. The Kier molecular flexibility index (Phi) is 5.81. The molecule has 0 saturated heterocycles. The molecule has 1 aliphatic carbocycles. The molecule has 0 heterocycles. The van der Waals surface area contributed by atoms with Crippen molar-refractivity contribution in [2.45, 2.75) is 65.0 Å². The zero-order valence-corrected chi connectivity index (χ0v) is 10.9. The van der Waals surface area contributed by atoms with E-state index >= 15 is 0 Å². The summed E-state index contributed by atoms with van der Waals surface area (Å²) in [6, 6.07) is 0.791. The molecule has 2 atom stereocenters. The first-order chi connectivity index (χ1) is 7.63. The van der Waals surface area contributed by atoms with Crippen molar-refractivity contribution in [2.75, 3.05) is 6.54 Å². The van der Waals surface area contributed by atoms with E-state index in [9.17, 15) is 4.79 Å². The van der Waals surface area contributed by atoms with E-state index in [1.54, 1.807) is 0 Å². The maximum atomic E-state index is 11.6. The SMILES string of the molecule is CCCC(C)NC(=O)CNC(C)C1CCC1. The molecule has 94 valence electrons. The van der Waals surface area contributed by atoms with Gasteiger partial charge in [-0.2, -0.15) is 0 Å². The molecule has 1 amide bonds. The van der Waals surface area contributed by atoms with Crippen LogP contribution in [0.5, 0.6) is 0 Å². The zero-order chi connectivity index (χ0) is 12.0. The van der Waals surface area contributed by atoms with Gasteiger partial charge < -0.3 is 10.6 Å². The molecule has 2 N–H and O–H groups in total. The van der Waals surface area contributed by atoms with E-state index in [0.717, 1.165) is 18.8 Å². The van der Waals surface area contributed by atoms with Crippen molar-refractivity contribution in [3.63, 3.8) is 0 Å². The van der Waals surface area contributed by atoms with Crippen LogP contribution in [0.1, 0.15) is 52.9 Å². The van der Waals surface area contributed by atoms with Gasteiger partial charge >= 0.3 is 0 Å². The van der Waals surface area contributed by atoms with E-state index in [-0.39, 0.29) is 5.91 Å². The molecule has 1 aliphatic rings. The van der Waals surface area contributed by atoms with Crippen LogP contribution in [0.15, 0.2) is 0 Å². The number of rotatable bonds is 7. The fraction of sp³-hybridized carbons (Fsp3) is 0.923. The van der Waals surface area contributed by atoms with Gasteiger partial charge in [0.05, 0.1) is 6.54 Å². The van der Waals surface area contributed by atoms with Crippen LogP contribution in [0.25, 0.3) is 0 Å². The molecule has 0 aromatic carbocycles. The molecular weight excluding hydrogens is 200 g/mol. The predicted molar refractivity (Wildman–Crippen MR) is 67.3 cm³/mol. The van der Waals surface area contributed by atoms with Crippen LogP contribution in [0.2, 0.25) is 0 Å². The summed E-state index contributed by atoms with van der Waals surface area (Å²) in [5.74, 6) is 0.924. The van der Waals surface area contributed by atoms with Crippen LogP contribution in [0.4, 0.5) is 0 Å². The number of hydrogen-bond acceptors (Lipinski definition) is 2. The maximum Gasteiger partial charge on any atom is 0.234 e. The third-order valence-corrected chi connectivity index (χ3v) is 3.57. The Morgan fingerprint density at radius 1 is 1.38 bits per heavy atom. The third kappa shape index (κ3) is 4.52. The smallest absolute Gasteiger partial charge is 0.234 e. The minimum absolute atomic E-state index is 0.132. The van der Waals surface area contributed by atoms with Gasteiger partial charge in [0, 0.05) is 12.1 Å².